The second-order valence-corrected chi connectivity index (χ2v) is 11.1. The highest BCUT2D eigenvalue weighted by atomic mass is 32.1. The molecule has 0 aliphatic rings. The highest BCUT2D eigenvalue weighted by Crippen LogP contribution is 2.47. The summed E-state index contributed by atoms with van der Waals surface area (Å²) in [6, 6.07) is 3.32. The molecule has 25 heavy (non-hydrogen) atoms. The molecule has 0 unspecified atom stereocenters. The molecule has 1 heterocycles. The lowest BCUT2D eigenvalue weighted by atomic mass is 9.73. The minimum absolute atomic E-state index is 0.189. The molecule has 0 atom stereocenters. The molecule has 2 rings (SSSR count). The van der Waals surface area contributed by atoms with Crippen molar-refractivity contribution in [2.75, 3.05) is 0 Å². The molecule has 1 aromatic carbocycles. The SMILES string of the molecule is CCC(CC)(c1nccs1)c1cc(F)cc(C(C)(C)C)c1O[SiH](C)C. The summed E-state index contributed by atoms with van der Waals surface area (Å²) in [5, 5.41) is 3.04. The maximum Gasteiger partial charge on any atom is 0.229 e. The van der Waals surface area contributed by atoms with E-state index in [-0.39, 0.29) is 16.6 Å². The van der Waals surface area contributed by atoms with Crippen molar-refractivity contribution < 1.29 is 8.82 Å². The zero-order valence-corrected chi connectivity index (χ0v) is 18.4. The number of halogens is 1. The maximum atomic E-state index is 14.7. The normalized spacial score (nSPS) is 12.7. The van der Waals surface area contributed by atoms with E-state index >= 15 is 0 Å². The van der Waals surface area contributed by atoms with Crippen LogP contribution in [0.1, 0.15) is 63.6 Å². The van der Waals surface area contributed by atoms with E-state index in [0.717, 1.165) is 34.7 Å². The van der Waals surface area contributed by atoms with Gasteiger partial charge in [-0.05, 0) is 43.5 Å². The lowest BCUT2D eigenvalue weighted by molar-refractivity contribution is 0.436. The van der Waals surface area contributed by atoms with Crippen molar-refractivity contribution in [3.8, 4) is 5.75 Å². The number of nitrogens with zero attached hydrogens (tertiary/aromatic N) is 1. The topological polar surface area (TPSA) is 22.1 Å². The van der Waals surface area contributed by atoms with E-state index in [1.807, 2.05) is 11.6 Å². The highest BCUT2D eigenvalue weighted by molar-refractivity contribution is 7.09. The molecular weight excluding hydrogens is 349 g/mol. The molecule has 0 radical (unpaired) electrons. The van der Waals surface area contributed by atoms with E-state index in [9.17, 15) is 4.39 Å². The first-order valence-corrected chi connectivity index (χ1v) is 12.7. The third-order valence-electron chi connectivity index (χ3n) is 4.78. The van der Waals surface area contributed by atoms with Crippen molar-refractivity contribution in [3.63, 3.8) is 0 Å². The molecular formula is C20H30FNOSSi. The number of benzene rings is 1. The molecule has 2 nitrogen and oxygen atoms in total. The molecule has 1 aromatic heterocycles. The zero-order chi connectivity index (χ0) is 18.8. The van der Waals surface area contributed by atoms with E-state index in [1.165, 1.54) is 0 Å². The highest BCUT2D eigenvalue weighted by Gasteiger charge is 2.38. The van der Waals surface area contributed by atoms with E-state index in [4.69, 9.17) is 4.43 Å². The van der Waals surface area contributed by atoms with Gasteiger partial charge in [0.25, 0.3) is 0 Å². The standard InChI is InChI=1S/C20H30FNOSSi/c1-8-20(9-2,18-22-10-11-24-18)16-13-14(21)12-15(19(3,4)5)17(16)23-25(6)7/h10-13,25H,8-9H2,1-7H3. The number of thiazole rings is 1. The first-order valence-electron chi connectivity index (χ1n) is 9.06. The summed E-state index contributed by atoms with van der Waals surface area (Å²) < 4.78 is 21.1. The van der Waals surface area contributed by atoms with Crippen molar-refractivity contribution in [2.24, 2.45) is 0 Å². The number of hydrogen-bond donors (Lipinski definition) is 0. The Bertz CT molecular complexity index is 703. The van der Waals surface area contributed by atoms with Gasteiger partial charge in [-0.15, -0.1) is 11.3 Å². The first kappa shape index (κ1) is 20.1. The van der Waals surface area contributed by atoms with Crippen LogP contribution in [0.25, 0.3) is 0 Å². The molecule has 0 bridgehead atoms. The van der Waals surface area contributed by atoms with Crippen LogP contribution in [0.15, 0.2) is 23.7 Å². The summed E-state index contributed by atoms with van der Waals surface area (Å²) in [5.74, 6) is 0.690. The van der Waals surface area contributed by atoms with Crippen LogP contribution in [0.4, 0.5) is 4.39 Å². The van der Waals surface area contributed by atoms with Crippen LogP contribution in [0.2, 0.25) is 13.1 Å². The summed E-state index contributed by atoms with van der Waals surface area (Å²) >= 11 is 1.64. The Morgan fingerprint density at radius 3 is 2.16 bits per heavy atom. The molecule has 0 aliphatic carbocycles. The van der Waals surface area contributed by atoms with Gasteiger partial charge in [-0.3, -0.25) is 0 Å². The Labute approximate surface area is 157 Å². The lowest BCUT2D eigenvalue weighted by Crippen LogP contribution is -2.30. The fourth-order valence-corrected chi connectivity index (χ4v) is 5.10. The van der Waals surface area contributed by atoms with Crippen LogP contribution < -0.4 is 4.43 Å². The van der Waals surface area contributed by atoms with E-state index in [0.29, 0.717) is 0 Å². The predicted octanol–water partition coefficient (Wildman–Crippen LogP) is 6.05. The van der Waals surface area contributed by atoms with Crippen LogP contribution >= 0.6 is 11.3 Å². The summed E-state index contributed by atoms with van der Waals surface area (Å²) in [4.78, 5) is 4.60. The lowest BCUT2D eigenvalue weighted by Gasteiger charge is -2.35. The molecule has 0 fully saturated rings. The van der Waals surface area contributed by atoms with Crippen molar-refractivity contribution in [1.82, 2.24) is 4.98 Å². The summed E-state index contributed by atoms with van der Waals surface area (Å²) in [6.45, 7) is 15.0. The van der Waals surface area contributed by atoms with E-state index in [1.54, 1.807) is 23.5 Å². The number of aromatic nitrogens is 1. The number of rotatable bonds is 6. The van der Waals surface area contributed by atoms with Gasteiger partial charge in [-0.1, -0.05) is 34.6 Å². The number of hydrogen-bond acceptors (Lipinski definition) is 3. The summed E-state index contributed by atoms with van der Waals surface area (Å²) in [5.41, 5.74) is 1.41. The van der Waals surface area contributed by atoms with Gasteiger partial charge in [0.1, 0.15) is 16.6 Å². The van der Waals surface area contributed by atoms with E-state index < -0.39 is 9.04 Å². The minimum atomic E-state index is -1.35. The van der Waals surface area contributed by atoms with Gasteiger partial charge in [0.2, 0.25) is 9.04 Å². The molecule has 2 aromatic rings. The van der Waals surface area contributed by atoms with Crippen LogP contribution in [0.5, 0.6) is 5.75 Å². The Kier molecular flexibility index (Phi) is 6.10. The second kappa shape index (κ2) is 7.58. The molecule has 0 saturated carbocycles. The fraction of sp³-hybridized carbons (Fsp3) is 0.550. The van der Waals surface area contributed by atoms with Crippen LogP contribution in [-0.4, -0.2) is 14.0 Å². The largest absolute Gasteiger partial charge is 0.547 e. The van der Waals surface area contributed by atoms with Gasteiger partial charge in [0, 0.05) is 22.7 Å². The molecule has 138 valence electrons. The van der Waals surface area contributed by atoms with Crippen molar-refractivity contribution in [3.05, 3.63) is 45.7 Å². The summed E-state index contributed by atoms with van der Waals surface area (Å²) in [7, 11) is -1.35. The minimum Gasteiger partial charge on any atom is -0.547 e. The fourth-order valence-electron chi connectivity index (χ4n) is 3.38. The molecule has 0 saturated heterocycles. The van der Waals surface area contributed by atoms with Crippen LogP contribution in [0, 0.1) is 5.82 Å². The molecule has 0 spiro atoms. The zero-order valence-electron chi connectivity index (χ0n) is 16.4. The van der Waals surface area contributed by atoms with Crippen molar-refractivity contribution >= 4 is 20.4 Å². The van der Waals surface area contributed by atoms with Crippen molar-refractivity contribution in [2.45, 2.75) is 71.4 Å². The van der Waals surface area contributed by atoms with Crippen molar-refractivity contribution in [1.29, 1.82) is 0 Å². The van der Waals surface area contributed by atoms with Gasteiger partial charge >= 0.3 is 0 Å². The van der Waals surface area contributed by atoms with Crippen LogP contribution in [-0.2, 0) is 10.8 Å². The monoisotopic (exact) mass is 379 g/mol. The second-order valence-electron chi connectivity index (χ2n) is 7.87. The van der Waals surface area contributed by atoms with E-state index in [2.05, 4.69) is 52.7 Å². The van der Waals surface area contributed by atoms with Gasteiger partial charge in [0.15, 0.2) is 0 Å². The third-order valence-corrected chi connectivity index (χ3v) is 6.46. The molecule has 0 aliphatic heterocycles. The Hall–Kier alpha value is -1.20. The van der Waals surface area contributed by atoms with Gasteiger partial charge in [-0.25, -0.2) is 9.37 Å². The van der Waals surface area contributed by atoms with Gasteiger partial charge in [-0.2, -0.15) is 0 Å². The van der Waals surface area contributed by atoms with Gasteiger partial charge in [0.05, 0.1) is 5.41 Å². The summed E-state index contributed by atoms with van der Waals surface area (Å²) in [6.07, 6.45) is 3.56. The first-order chi connectivity index (χ1) is 11.7. The molecule has 5 heteroatoms. The third kappa shape index (κ3) is 3.98. The van der Waals surface area contributed by atoms with Crippen LogP contribution in [0.3, 0.4) is 0 Å². The predicted molar refractivity (Wildman–Crippen MR) is 108 cm³/mol. The van der Waals surface area contributed by atoms with Gasteiger partial charge < -0.3 is 4.43 Å². The average molecular weight is 380 g/mol. The smallest absolute Gasteiger partial charge is 0.229 e. The Balaban J connectivity index is 2.84. The average Bonchev–Trinajstić information content (AvgIpc) is 3.04. The maximum absolute atomic E-state index is 14.7. The quantitative estimate of drug-likeness (QED) is 0.570. The Morgan fingerprint density at radius 1 is 1.12 bits per heavy atom. The molecule has 0 N–H and O–H groups in total. The Morgan fingerprint density at radius 2 is 1.72 bits per heavy atom. The molecule has 0 amide bonds.